The molecule has 0 aliphatic rings. The Morgan fingerprint density at radius 1 is 1.36 bits per heavy atom. The number of hydrogen-bond acceptors (Lipinski definition) is 6. The molecule has 0 aliphatic heterocycles. The van der Waals surface area contributed by atoms with Crippen LogP contribution in [-0.2, 0) is 11.8 Å². The second-order valence-corrected chi connectivity index (χ2v) is 7.08. The maximum Gasteiger partial charge on any atom is 0.222 e. The Bertz CT molecular complexity index is 767. The minimum Gasteiger partial charge on any atom is -0.355 e. The van der Waals surface area contributed by atoms with Gasteiger partial charge in [-0.1, -0.05) is 11.8 Å². The summed E-state index contributed by atoms with van der Waals surface area (Å²) in [4.78, 5) is 23.8. The maximum absolute atomic E-state index is 12.1. The Kier molecular flexibility index (Phi) is 6.35. The number of amides is 1. The van der Waals surface area contributed by atoms with Gasteiger partial charge >= 0.3 is 0 Å². The molecule has 0 saturated carbocycles. The third-order valence-corrected chi connectivity index (χ3v) is 4.94. The standard InChI is InChI=1S/C16H24N6O2S/c1-10(22-12(3)15(13(4)23)11(2)20-22)8-14(24)17-6-7-25-16-19-18-9-21(16)5/h9-10H,6-8H2,1-5H3,(H,17,24). The fourth-order valence-corrected chi connectivity index (χ4v) is 3.51. The average Bonchev–Trinajstić information content (AvgIpc) is 3.06. The Morgan fingerprint density at radius 2 is 2.08 bits per heavy atom. The van der Waals surface area contributed by atoms with Crippen LogP contribution in [0.1, 0.15) is 48.1 Å². The summed E-state index contributed by atoms with van der Waals surface area (Å²) in [6.07, 6.45) is 1.96. The largest absolute Gasteiger partial charge is 0.355 e. The summed E-state index contributed by atoms with van der Waals surface area (Å²) in [5.41, 5.74) is 2.16. The van der Waals surface area contributed by atoms with Crippen LogP contribution in [0, 0.1) is 13.8 Å². The molecule has 0 saturated heterocycles. The van der Waals surface area contributed by atoms with E-state index < -0.39 is 0 Å². The molecular weight excluding hydrogens is 340 g/mol. The van der Waals surface area contributed by atoms with Gasteiger partial charge in [0.05, 0.1) is 17.3 Å². The molecule has 2 heterocycles. The number of nitrogens with zero attached hydrogens (tertiary/aromatic N) is 5. The van der Waals surface area contributed by atoms with Gasteiger partial charge in [-0.25, -0.2) is 0 Å². The van der Waals surface area contributed by atoms with Gasteiger partial charge in [-0.3, -0.25) is 14.3 Å². The first-order valence-electron chi connectivity index (χ1n) is 8.11. The first-order chi connectivity index (χ1) is 11.8. The minimum absolute atomic E-state index is 0.00120. The number of aryl methyl sites for hydroxylation is 2. The molecule has 136 valence electrons. The molecular formula is C16H24N6O2S. The lowest BCUT2D eigenvalue weighted by molar-refractivity contribution is -0.121. The van der Waals surface area contributed by atoms with E-state index in [4.69, 9.17) is 0 Å². The normalized spacial score (nSPS) is 12.2. The van der Waals surface area contributed by atoms with Gasteiger partial charge < -0.3 is 9.88 Å². The molecule has 2 rings (SSSR count). The summed E-state index contributed by atoms with van der Waals surface area (Å²) in [7, 11) is 1.88. The predicted octanol–water partition coefficient (Wildman–Crippen LogP) is 1.69. The van der Waals surface area contributed by atoms with Crippen LogP contribution in [-0.4, -0.2) is 48.5 Å². The number of aromatic nitrogens is 5. The van der Waals surface area contributed by atoms with Gasteiger partial charge in [0, 0.05) is 31.5 Å². The third kappa shape index (κ3) is 4.68. The molecule has 0 aromatic carbocycles. The van der Waals surface area contributed by atoms with Crippen LogP contribution in [0.15, 0.2) is 11.5 Å². The van der Waals surface area contributed by atoms with Crippen molar-refractivity contribution in [3.8, 4) is 0 Å². The maximum atomic E-state index is 12.1. The van der Waals surface area contributed by atoms with E-state index >= 15 is 0 Å². The van der Waals surface area contributed by atoms with Gasteiger partial charge in [0.2, 0.25) is 5.91 Å². The molecule has 0 bridgehead atoms. The zero-order valence-electron chi connectivity index (χ0n) is 15.2. The van der Waals surface area contributed by atoms with E-state index in [1.165, 1.54) is 6.92 Å². The monoisotopic (exact) mass is 364 g/mol. The lowest BCUT2D eigenvalue weighted by Crippen LogP contribution is -2.28. The molecule has 2 aromatic heterocycles. The van der Waals surface area contributed by atoms with Crippen molar-refractivity contribution in [3.05, 3.63) is 23.3 Å². The summed E-state index contributed by atoms with van der Waals surface area (Å²) < 4.78 is 3.60. The zero-order chi connectivity index (χ0) is 18.6. The molecule has 8 nitrogen and oxygen atoms in total. The van der Waals surface area contributed by atoms with Crippen LogP contribution in [0.25, 0.3) is 0 Å². The summed E-state index contributed by atoms with van der Waals surface area (Å²) in [5, 5.41) is 15.9. The molecule has 1 atom stereocenters. The topological polar surface area (TPSA) is 94.7 Å². The van der Waals surface area contributed by atoms with Crippen LogP contribution in [0.4, 0.5) is 0 Å². The number of hydrogen-bond donors (Lipinski definition) is 1. The Morgan fingerprint density at radius 3 is 2.64 bits per heavy atom. The molecule has 0 fully saturated rings. The molecule has 9 heteroatoms. The van der Waals surface area contributed by atoms with Crippen molar-refractivity contribution in [3.63, 3.8) is 0 Å². The van der Waals surface area contributed by atoms with Crippen molar-refractivity contribution in [2.75, 3.05) is 12.3 Å². The zero-order valence-corrected chi connectivity index (χ0v) is 16.1. The van der Waals surface area contributed by atoms with Crippen molar-refractivity contribution in [1.29, 1.82) is 0 Å². The van der Waals surface area contributed by atoms with E-state index in [2.05, 4.69) is 20.6 Å². The van der Waals surface area contributed by atoms with Crippen molar-refractivity contribution >= 4 is 23.5 Å². The van der Waals surface area contributed by atoms with Crippen LogP contribution < -0.4 is 5.32 Å². The number of carbonyl (C=O) groups is 2. The number of thioether (sulfide) groups is 1. The summed E-state index contributed by atoms with van der Waals surface area (Å²) in [5.74, 6) is 0.683. The first-order valence-corrected chi connectivity index (χ1v) is 9.10. The van der Waals surface area contributed by atoms with E-state index in [-0.39, 0.29) is 17.7 Å². The van der Waals surface area contributed by atoms with Crippen LogP contribution in [0.5, 0.6) is 0 Å². The van der Waals surface area contributed by atoms with E-state index in [1.807, 2.05) is 32.4 Å². The number of rotatable bonds is 8. The molecule has 0 radical (unpaired) electrons. The molecule has 1 amide bonds. The number of nitrogens with one attached hydrogen (secondary N) is 1. The summed E-state index contributed by atoms with van der Waals surface area (Å²) >= 11 is 1.54. The predicted molar refractivity (Wildman–Crippen MR) is 95.8 cm³/mol. The summed E-state index contributed by atoms with van der Waals surface area (Å²) in [6.45, 7) is 7.70. The van der Waals surface area contributed by atoms with Gasteiger partial charge in [0.1, 0.15) is 6.33 Å². The highest BCUT2D eigenvalue weighted by Gasteiger charge is 2.20. The number of carbonyl (C=O) groups excluding carboxylic acids is 2. The van der Waals surface area contributed by atoms with Crippen molar-refractivity contribution in [1.82, 2.24) is 29.9 Å². The Hall–Kier alpha value is -2.16. The molecule has 1 N–H and O–H groups in total. The van der Waals surface area contributed by atoms with Gasteiger partial charge in [-0.2, -0.15) is 5.10 Å². The minimum atomic E-state index is -0.113. The Labute approximate surface area is 151 Å². The molecule has 0 aliphatic carbocycles. The molecule has 25 heavy (non-hydrogen) atoms. The third-order valence-electron chi connectivity index (χ3n) is 3.90. The van der Waals surface area contributed by atoms with Crippen LogP contribution >= 0.6 is 11.8 Å². The van der Waals surface area contributed by atoms with Gasteiger partial charge in [-0.05, 0) is 27.7 Å². The quantitative estimate of drug-likeness (QED) is 0.435. The SMILES string of the molecule is CC(=O)c1c(C)nn(C(C)CC(=O)NCCSc2nncn2C)c1C. The fourth-order valence-electron chi connectivity index (χ4n) is 2.76. The highest BCUT2D eigenvalue weighted by Crippen LogP contribution is 2.20. The van der Waals surface area contributed by atoms with Gasteiger partial charge in [-0.15, -0.1) is 10.2 Å². The second-order valence-electron chi connectivity index (χ2n) is 6.02. The highest BCUT2D eigenvalue weighted by molar-refractivity contribution is 7.99. The fraction of sp³-hybridized carbons (Fsp3) is 0.562. The Balaban J connectivity index is 1.83. The van der Waals surface area contributed by atoms with Crippen molar-refractivity contribution in [2.45, 2.75) is 45.3 Å². The van der Waals surface area contributed by atoms with Crippen molar-refractivity contribution < 1.29 is 9.59 Å². The summed E-state index contributed by atoms with van der Waals surface area (Å²) in [6, 6.07) is -0.113. The number of Topliss-reactive ketones (excluding diaryl/α,β-unsaturated/α-hetero) is 1. The van der Waals surface area contributed by atoms with Gasteiger partial charge in [0.25, 0.3) is 0 Å². The highest BCUT2D eigenvalue weighted by atomic mass is 32.2. The molecule has 2 aromatic rings. The number of ketones is 1. The van der Waals surface area contributed by atoms with E-state index in [1.54, 1.807) is 22.8 Å². The van der Waals surface area contributed by atoms with Crippen molar-refractivity contribution in [2.24, 2.45) is 7.05 Å². The average molecular weight is 364 g/mol. The molecule has 1 unspecified atom stereocenters. The smallest absolute Gasteiger partial charge is 0.222 e. The lowest BCUT2D eigenvalue weighted by Gasteiger charge is -2.14. The van der Waals surface area contributed by atoms with Gasteiger partial charge in [0.15, 0.2) is 10.9 Å². The second kappa shape index (κ2) is 8.28. The molecule has 0 spiro atoms. The van der Waals surface area contributed by atoms with Crippen LogP contribution in [0.2, 0.25) is 0 Å². The van der Waals surface area contributed by atoms with E-state index in [0.29, 0.717) is 24.2 Å². The van der Waals surface area contributed by atoms with E-state index in [9.17, 15) is 9.59 Å². The van der Waals surface area contributed by atoms with Crippen LogP contribution in [0.3, 0.4) is 0 Å². The van der Waals surface area contributed by atoms with E-state index in [0.717, 1.165) is 16.6 Å². The lowest BCUT2D eigenvalue weighted by atomic mass is 10.1. The first kappa shape index (κ1) is 19.2.